The van der Waals surface area contributed by atoms with Crippen molar-refractivity contribution in [1.82, 2.24) is 15.3 Å². The molecule has 1 amide bonds. The van der Waals surface area contributed by atoms with Gasteiger partial charge in [0.25, 0.3) is 5.91 Å². The summed E-state index contributed by atoms with van der Waals surface area (Å²) in [5.41, 5.74) is 4.48. The number of carboxylic acids is 1. The lowest BCUT2D eigenvalue weighted by atomic mass is 10.1. The number of hydrogen-bond donors (Lipinski definition) is 3. The molecule has 0 bridgehead atoms. The number of piperazine rings is 1. The van der Waals surface area contributed by atoms with Crippen LogP contribution in [-0.2, 0) is 4.79 Å². The molecule has 0 radical (unpaired) electrons. The minimum Gasteiger partial charge on any atom is -0.480 e. The van der Waals surface area contributed by atoms with Crippen LogP contribution >= 0.6 is 22.9 Å². The molecule has 4 rings (SSSR count). The fourth-order valence-electron chi connectivity index (χ4n) is 3.43. The number of aromatic nitrogens is 2. The zero-order valence-corrected chi connectivity index (χ0v) is 19.1. The SMILES string of the molecule is Cc1ccc(-c2csc(NC(=O)c3cnc(N4CCNC(C(=O)O)C4)c(Cl)c3)n2)cc1C. The molecule has 0 saturated carbocycles. The summed E-state index contributed by atoms with van der Waals surface area (Å²) in [4.78, 5) is 34.6. The second kappa shape index (κ2) is 9.23. The first-order valence-corrected chi connectivity index (χ1v) is 11.3. The van der Waals surface area contributed by atoms with E-state index in [0.717, 1.165) is 11.3 Å². The van der Waals surface area contributed by atoms with E-state index in [1.807, 2.05) is 11.4 Å². The van der Waals surface area contributed by atoms with Crippen LogP contribution in [0.1, 0.15) is 21.5 Å². The Kier molecular flexibility index (Phi) is 6.40. The first-order valence-electron chi connectivity index (χ1n) is 10.0. The fourth-order valence-corrected chi connectivity index (χ4v) is 4.43. The van der Waals surface area contributed by atoms with Gasteiger partial charge in [-0.05, 0) is 37.1 Å². The Balaban J connectivity index is 1.46. The van der Waals surface area contributed by atoms with E-state index in [1.54, 1.807) is 4.90 Å². The number of amides is 1. The number of thiazole rings is 1. The molecule has 1 aromatic carbocycles. The Morgan fingerprint density at radius 2 is 2.09 bits per heavy atom. The molecule has 3 aromatic rings. The van der Waals surface area contributed by atoms with Gasteiger partial charge in [-0.3, -0.25) is 14.9 Å². The van der Waals surface area contributed by atoms with E-state index in [9.17, 15) is 14.7 Å². The van der Waals surface area contributed by atoms with Crippen molar-refractivity contribution in [3.8, 4) is 11.3 Å². The first kappa shape index (κ1) is 22.2. The number of halogens is 1. The molecule has 10 heteroatoms. The summed E-state index contributed by atoms with van der Waals surface area (Å²) in [7, 11) is 0. The lowest BCUT2D eigenvalue weighted by Gasteiger charge is -2.32. The van der Waals surface area contributed by atoms with E-state index < -0.39 is 12.0 Å². The maximum atomic E-state index is 12.7. The van der Waals surface area contributed by atoms with Gasteiger partial charge in [0.1, 0.15) is 11.9 Å². The number of benzene rings is 1. The van der Waals surface area contributed by atoms with Gasteiger partial charge in [-0.1, -0.05) is 23.7 Å². The molecule has 8 nitrogen and oxygen atoms in total. The number of aliphatic carboxylic acids is 1. The highest BCUT2D eigenvalue weighted by Gasteiger charge is 2.27. The van der Waals surface area contributed by atoms with Crippen molar-refractivity contribution >= 4 is 45.8 Å². The van der Waals surface area contributed by atoms with E-state index in [2.05, 4.69) is 46.6 Å². The van der Waals surface area contributed by atoms with Gasteiger partial charge >= 0.3 is 5.97 Å². The van der Waals surface area contributed by atoms with Crippen molar-refractivity contribution in [3.05, 3.63) is 57.6 Å². The third kappa shape index (κ3) is 4.74. The minimum absolute atomic E-state index is 0.244. The lowest BCUT2D eigenvalue weighted by molar-refractivity contribution is -0.139. The lowest BCUT2D eigenvalue weighted by Crippen LogP contribution is -2.54. The summed E-state index contributed by atoms with van der Waals surface area (Å²) < 4.78 is 0. The molecule has 1 aliphatic heterocycles. The Morgan fingerprint density at radius 1 is 1.28 bits per heavy atom. The van der Waals surface area contributed by atoms with Crippen molar-refractivity contribution in [2.24, 2.45) is 0 Å². The molecule has 166 valence electrons. The van der Waals surface area contributed by atoms with Crippen LogP contribution in [0.5, 0.6) is 0 Å². The van der Waals surface area contributed by atoms with Crippen molar-refractivity contribution in [3.63, 3.8) is 0 Å². The molecular weight excluding hydrogens is 450 g/mol. The maximum absolute atomic E-state index is 12.7. The first-order chi connectivity index (χ1) is 15.3. The highest BCUT2D eigenvalue weighted by molar-refractivity contribution is 7.14. The molecule has 1 saturated heterocycles. The molecule has 1 atom stereocenters. The molecule has 1 aliphatic rings. The van der Waals surface area contributed by atoms with Crippen molar-refractivity contribution in [1.29, 1.82) is 0 Å². The average Bonchev–Trinajstić information content (AvgIpc) is 3.24. The molecule has 32 heavy (non-hydrogen) atoms. The number of anilines is 2. The molecule has 3 N–H and O–H groups in total. The Labute approximate surface area is 194 Å². The fraction of sp³-hybridized carbons (Fsp3) is 0.273. The van der Waals surface area contributed by atoms with Gasteiger partial charge in [0.05, 0.1) is 16.3 Å². The zero-order valence-electron chi connectivity index (χ0n) is 17.6. The summed E-state index contributed by atoms with van der Waals surface area (Å²) in [5, 5.41) is 17.6. The monoisotopic (exact) mass is 471 g/mol. The Bertz CT molecular complexity index is 1180. The number of nitrogens with one attached hydrogen (secondary N) is 2. The summed E-state index contributed by atoms with van der Waals surface area (Å²) in [6.07, 6.45) is 1.44. The second-order valence-electron chi connectivity index (χ2n) is 7.61. The topological polar surface area (TPSA) is 107 Å². The molecule has 0 aliphatic carbocycles. The Hall–Kier alpha value is -3.01. The van der Waals surface area contributed by atoms with Crippen molar-refractivity contribution in [2.45, 2.75) is 19.9 Å². The molecule has 0 spiro atoms. The predicted octanol–water partition coefficient (Wildman–Crippen LogP) is 3.59. The quantitative estimate of drug-likeness (QED) is 0.522. The van der Waals surface area contributed by atoms with Crippen LogP contribution in [-0.4, -0.2) is 52.6 Å². The van der Waals surface area contributed by atoms with Gasteiger partial charge in [-0.25, -0.2) is 9.97 Å². The van der Waals surface area contributed by atoms with Gasteiger partial charge < -0.3 is 15.3 Å². The van der Waals surface area contributed by atoms with Crippen LogP contribution < -0.4 is 15.5 Å². The van der Waals surface area contributed by atoms with E-state index in [4.69, 9.17) is 11.6 Å². The number of carboxylic acid groups (broad SMARTS) is 1. The van der Waals surface area contributed by atoms with Crippen LogP contribution in [0.25, 0.3) is 11.3 Å². The molecule has 1 fully saturated rings. The van der Waals surface area contributed by atoms with Gasteiger partial charge in [0.2, 0.25) is 0 Å². The number of aryl methyl sites for hydroxylation is 2. The minimum atomic E-state index is -0.926. The zero-order chi connectivity index (χ0) is 22.8. The van der Waals surface area contributed by atoms with Crippen LogP contribution in [0.15, 0.2) is 35.8 Å². The second-order valence-corrected chi connectivity index (χ2v) is 8.88. The summed E-state index contributed by atoms with van der Waals surface area (Å²) in [5.74, 6) is -0.830. The highest BCUT2D eigenvalue weighted by Crippen LogP contribution is 2.28. The third-order valence-electron chi connectivity index (χ3n) is 5.38. The average molecular weight is 472 g/mol. The van der Waals surface area contributed by atoms with Gasteiger partial charge in [-0.2, -0.15) is 0 Å². The van der Waals surface area contributed by atoms with E-state index in [1.165, 1.54) is 34.7 Å². The normalized spacial score (nSPS) is 16.1. The molecular formula is C22H22ClN5O3S. The van der Waals surface area contributed by atoms with Crippen LogP contribution in [0.2, 0.25) is 5.02 Å². The maximum Gasteiger partial charge on any atom is 0.322 e. The highest BCUT2D eigenvalue weighted by atomic mass is 35.5. The van der Waals surface area contributed by atoms with E-state index in [-0.39, 0.29) is 12.5 Å². The molecule has 1 unspecified atom stereocenters. The van der Waals surface area contributed by atoms with Crippen molar-refractivity contribution < 1.29 is 14.7 Å². The summed E-state index contributed by atoms with van der Waals surface area (Å²) in [6, 6.07) is 6.98. The van der Waals surface area contributed by atoms with E-state index in [0.29, 0.717) is 34.6 Å². The standard InChI is InChI=1S/C22H22ClN5O3S/c1-12-3-4-14(7-13(12)2)18-11-32-22(26-18)27-20(29)15-8-16(23)19(25-9-15)28-6-5-24-17(10-28)21(30)31/h3-4,7-9,11,17,24H,5-6,10H2,1-2H3,(H,30,31)(H,26,27,29). The smallest absolute Gasteiger partial charge is 0.322 e. The predicted molar refractivity (Wildman–Crippen MR) is 126 cm³/mol. The molecule has 2 aromatic heterocycles. The summed E-state index contributed by atoms with van der Waals surface area (Å²) >= 11 is 7.73. The molecule has 3 heterocycles. The van der Waals surface area contributed by atoms with Gasteiger partial charge in [-0.15, -0.1) is 11.3 Å². The number of nitrogens with zero attached hydrogens (tertiary/aromatic N) is 3. The number of carbonyl (C=O) groups is 2. The number of pyridine rings is 1. The van der Waals surface area contributed by atoms with Crippen molar-refractivity contribution in [2.75, 3.05) is 29.9 Å². The van der Waals surface area contributed by atoms with Crippen LogP contribution in [0.3, 0.4) is 0 Å². The van der Waals surface area contributed by atoms with Crippen LogP contribution in [0.4, 0.5) is 10.9 Å². The number of rotatable bonds is 5. The van der Waals surface area contributed by atoms with E-state index >= 15 is 0 Å². The van der Waals surface area contributed by atoms with Crippen LogP contribution in [0, 0.1) is 13.8 Å². The number of carbonyl (C=O) groups excluding carboxylic acids is 1. The summed E-state index contributed by atoms with van der Waals surface area (Å²) in [6.45, 7) is 5.43. The largest absolute Gasteiger partial charge is 0.480 e. The Morgan fingerprint density at radius 3 is 2.81 bits per heavy atom. The third-order valence-corrected chi connectivity index (χ3v) is 6.42. The van der Waals surface area contributed by atoms with Gasteiger partial charge in [0.15, 0.2) is 5.13 Å². The van der Waals surface area contributed by atoms with Gasteiger partial charge in [0, 0.05) is 36.8 Å². The number of hydrogen-bond acceptors (Lipinski definition) is 7.